The molecule has 0 aliphatic carbocycles. The number of carbonyl (C=O) groups is 1. The summed E-state index contributed by atoms with van der Waals surface area (Å²) in [4.78, 5) is 11.3. The molecule has 0 radical (unpaired) electrons. The van der Waals surface area contributed by atoms with Crippen molar-refractivity contribution >= 4 is 11.7 Å². The third-order valence-electron chi connectivity index (χ3n) is 3.01. The van der Waals surface area contributed by atoms with Gasteiger partial charge in [0, 0.05) is 19.2 Å². The monoisotopic (exact) mass is 271 g/mol. The second-order valence-corrected chi connectivity index (χ2v) is 4.32. The first kappa shape index (κ1) is 13.7. The van der Waals surface area contributed by atoms with Crippen LogP contribution in [-0.2, 0) is 9.47 Å². The van der Waals surface area contributed by atoms with E-state index in [1.807, 2.05) is 0 Å². The molecule has 1 heterocycles. The van der Waals surface area contributed by atoms with E-state index in [9.17, 15) is 13.6 Å². The number of rotatable bonds is 4. The summed E-state index contributed by atoms with van der Waals surface area (Å²) in [6, 6.07) is 1.79. The standard InChI is InChI=1S/C13H15F2NO3/c1-18-13(17)9-5-12(11(15)6-10(9)14)16-7-8-3-2-4-19-8/h5-6,8,16H,2-4,7H2,1H3. The van der Waals surface area contributed by atoms with Gasteiger partial charge in [-0.05, 0) is 18.9 Å². The number of esters is 1. The minimum absolute atomic E-state index is 0.0195. The van der Waals surface area contributed by atoms with E-state index in [0.29, 0.717) is 19.2 Å². The molecule has 4 nitrogen and oxygen atoms in total. The van der Waals surface area contributed by atoms with E-state index in [-0.39, 0.29) is 17.4 Å². The quantitative estimate of drug-likeness (QED) is 0.854. The van der Waals surface area contributed by atoms with Gasteiger partial charge in [0.05, 0.1) is 24.5 Å². The summed E-state index contributed by atoms with van der Waals surface area (Å²) < 4.78 is 36.8. The molecule has 1 aromatic rings. The van der Waals surface area contributed by atoms with Crippen LogP contribution in [-0.4, -0.2) is 32.3 Å². The predicted octanol–water partition coefficient (Wildman–Crippen LogP) is 2.34. The fraction of sp³-hybridized carbons (Fsp3) is 0.462. The number of anilines is 1. The van der Waals surface area contributed by atoms with E-state index in [2.05, 4.69) is 10.1 Å². The lowest BCUT2D eigenvalue weighted by molar-refractivity contribution is 0.0595. The molecule has 0 saturated carbocycles. The maximum Gasteiger partial charge on any atom is 0.340 e. The molecule has 1 N–H and O–H groups in total. The van der Waals surface area contributed by atoms with Crippen molar-refractivity contribution < 1.29 is 23.0 Å². The zero-order valence-electron chi connectivity index (χ0n) is 10.5. The molecule has 1 aliphatic heterocycles. The van der Waals surface area contributed by atoms with Crippen molar-refractivity contribution in [3.8, 4) is 0 Å². The Morgan fingerprint density at radius 3 is 2.89 bits per heavy atom. The van der Waals surface area contributed by atoms with Gasteiger partial charge in [-0.1, -0.05) is 0 Å². The first-order valence-corrected chi connectivity index (χ1v) is 6.04. The van der Waals surface area contributed by atoms with E-state index < -0.39 is 17.6 Å². The summed E-state index contributed by atoms with van der Waals surface area (Å²) in [7, 11) is 1.14. The summed E-state index contributed by atoms with van der Waals surface area (Å²) in [5, 5.41) is 2.83. The highest BCUT2D eigenvalue weighted by Crippen LogP contribution is 2.21. The molecule has 0 bridgehead atoms. The molecule has 19 heavy (non-hydrogen) atoms. The molecule has 0 aromatic heterocycles. The summed E-state index contributed by atoms with van der Waals surface area (Å²) in [6.07, 6.45) is 1.90. The summed E-state index contributed by atoms with van der Waals surface area (Å²) >= 11 is 0. The SMILES string of the molecule is COC(=O)c1cc(NCC2CCCO2)c(F)cc1F. The lowest BCUT2D eigenvalue weighted by Crippen LogP contribution is -2.19. The van der Waals surface area contributed by atoms with Crippen molar-refractivity contribution in [3.63, 3.8) is 0 Å². The molecule has 1 atom stereocenters. The average molecular weight is 271 g/mol. The third-order valence-corrected chi connectivity index (χ3v) is 3.01. The maximum absolute atomic E-state index is 13.6. The van der Waals surface area contributed by atoms with Crippen LogP contribution in [0.2, 0.25) is 0 Å². The van der Waals surface area contributed by atoms with Crippen molar-refractivity contribution in [1.82, 2.24) is 0 Å². The number of ether oxygens (including phenoxy) is 2. The molecule has 0 spiro atoms. The Labute approximate surface area is 109 Å². The second kappa shape index (κ2) is 5.97. The topological polar surface area (TPSA) is 47.6 Å². The molecule has 1 fully saturated rings. The van der Waals surface area contributed by atoms with Crippen molar-refractivity contribution in [2.45, 2.75) is 18.9 Å². The van der Waals surface area contributed by atoms with Gasteiger partial charge in [-0.2, -0.15) is 0 Å². The molecule has 104 valence electrons. The van der Waals surface area contributed by atoms with Gasteiger partial charge in [-0.3, -0.25) is 0 Å². The Morgan fingerprint density at radius 1 is 1.47 bits per heavy atom. The van der Waals surface area contributed by atoms with Crippen LogP contribution in [0.5, 0.6) is 0 Å². The third kappa shape index (κ3) is 3.20. The minimum Gasteiger partial charge on any atom is -0.465 e. The summed E-state index contributed by atoms with van der Waals surface area (Å²) in [5.41, 5.74) is -0.226. The number of nitrogens with one attached hydrogen (secondary N) is 1. The molecule has 0 amide bonds. The number of hydrogen-bond donors (Lipinski definition) is 1. The maximum atomic E-state index is 13.6. The van der Waals surface area contributed by atoms with Gasteiger partial charge >= 0.3 is 5.97 Å². The van der Waals surface area contributed by atoms with Gasteiger partial charge < -0.3 is 14.8 Å². The van der Waals surface area contributed by atoms with E-state index in [0.717, 1.165) is 26.0 Å². The Kier molecular flexibility index (Phi) is 4.31. The Bertz CT molecular complexity index is 473. The number of benzene rings is 1. The molecule has 1 aromatic carbocycles. The Balaban J connectivity index is 2.12. The van der Waals surface area contributed by atoms with Gasteiger partial charge in [0.25, 0.3) is 0 Å². The van der Waals surface area contributed by atoms with Crippen molar-refractivity contribution in [2.75, 3.05) is 25.6 Å². The van der Waals surface area contributed by atoms with Crippen LogP contribution < -0.4 is 5.32 Å². The first-order valence-electron chi connectivity index (χ1n) is 6.04. The van der Waals surface area contributed by atoms with Gasteiger partial charge in [-0.25, -0.2) is 13.6 Å². The smallest absolute Gasteiger partial charge is 0.340 e. The highest BCUT2D eigenvalue weighted by Gasteiger charge is 2.19. The average Bonchev–Trinajstić information content (AvgIpc) is 2.90. The highest BCUT2D eigenvalue weighted by molar-refractivity contribution is 5.90. The predicted molar refractivity (Wildman–Crippen MR) is 65.2 cm³/mol. The Hall–Kier alpha value is -1.69. The highest BCUT2D eigenvalue weighted by atomic mass is 19.1. The van der Waals surface area contributed by atoms with E-state index in [1.165, 1.54) is 0 Å². The van der Waals surface area contributed by atoms with Crippen LogP contribution >= 0.6 is 0 Å². The number of hydrogen-bond acceptors (Lipinski definition) is 4. The lowest BCUT2D eigenvalue weighted by atomic mass is 10.1. The molecule has 1 unspecified atom stereocenters. The van der Waals surface area contributed by atoms with Crippen molar-refractivity contribution in [2.24, 2.45) is 0 Å². The fourth-order valence-electron chi connectivity index (χ4n) is 1.98. The normalized spacial score (nSPS) is 18.4. The van der Waals surface area contributed by atoms with Crippen LogP contribution in [0.1, 0.15) is 23.2 Å². The summed E-state index contributed by atoms with van der Waals surface area (Å²) in [6.45, 7) is 1.12. The lowest BCUT2D eigenvalue weighted by Gasteiger charge is -2.13. The fourth-order valence-corrected chi connectivity index (χ4v) is 1.98. The van der Waals surface area contributed by atoms with Gasteiger partial charge in [-0.15, -0.1) is 0 Å². The minimum atomic E-state index is -0.938. The van der Waals surface area contributed by atoms with Crippen LogP contribution in [0.4, 0.5) is 14.5 Å². The zero-order valence-corrected chi connectivity index (χ0v) is 10.5. The van der Waals surface area contributed by atoms with Crippen LogP contribution in [0.3, 0.4) is 0 Å². The molecule has 2 rings (SSSR count). The number of halogens is 2. The Morgan fingerprint density at radius 2 is 2.26 bits per heavy atom. The van der Waals surface area contributed by atoms with Crippen molar-refractivity contribution in [1.29, 1.82) is 0 Å². The zero-order chi connectivity index (χ0) is 13.8. The van der Waals surface area contributed by atoms with E-state index >= 15 is 0 Å². The van der Waals surface area contributed by atoms with Crippen LogP contribution in [0.15, 0.2) is 12.1 Å². The number of carbonyl (C=O) groups excluding carboxylic acids is 1. The molecule has 1 aliphatic rings. The molecule has 6 heteroatoms. The van der Waals surface area contributed by atoms with Gasteiger partial charge in [0.1, 0.15) is 11.6 Å². The van der Waals surface area contributed by atoms with Crippen LogP contribution in [0, 0.1) is 11.6 Å². The first-order chi connectivity index (χ1) is 9.11. The van der Waals surface area contributed by atoms with E-state index in [4.69, 9.17) is 4.74 Å². The molecule has 1 saturated heterocycles. The molecular weight excluding hydrogens is 256 g/mol. The van der Waals surface area contributed by atoms with Crippen LogP contribution in [0.25, 0.3) is 0 Å². The summed E-state index contributed by atoms with van der Waals surface area (Å²) in [5.74, 6) is -2.52. The largest absolute Gasteiger partial charge is 0.465 e. The van der Waals surface area contributed by atoms with E-state index in [1.54, 1.807) is 0 Å². The second-order valence-electron chi connectivity index (χ2n) is 4.32. The van der Waals surface area contributed by atoms with Crippen molar-refractivity contribution in [3.05, 3.63) is 29.3 Å². The van der Waals surface area contributed by atoms with Gasteiger partial charge in [0.15, 0.2) is 0 Å². The molecular formula is C13H15F2NO3. The number of methoxy groups -OCH3 is 1. The van der Waals surface area contributed by atoms with Gasteiger partial charge in [0.2, 0.25) is 0 Å².